The van der Waals surface area contributed by atoms with Gasteiger partial charge in [0.15, 0.2) is 23.0 Å². The van der Waals surface area contributed by atoms with Crippen LogP contribution in [0.2, 0.25) is 0 Å². The van der Waals surface area contributed by atoms with E-state index in [9.17, 15) is 0 Å². The lowest BCUT2D eigenvalue weighted by molar-refractivity contribution is 0.477. The van der Waals surface area contributed by atoms with E-state index in [1.807, 2.05) is 72.8 Å². The summed E-state index contributed by atoms with van der Waals surface area (Å²) in [4.78, 5) is 4.46. The Hall–Kier alpha value is -5.92. The molecule has 2 aliphatic rings. The molecular formula is C38H24N2O2. The highest BCUT2D eigenvalue weighted by atomic mass is 16.5. The van der Waals surface area contributed by atoms with E-state index in [1.54, 1.807) is 0 Å². The Kier molecular flexibility index (Phi) is 5.65. The first-order valence-electron chi connectivity index (χ1n) is 13.9. The molecule has 198 valence electrons. The number of para-hydroxylation sites is 8. The molecule has 0 atom stereocenters. The zero-order chi connectivity index (χ0) is 27.9. The maximum absolute atomic E-state index is 6.15. The number of rotatable bonds is 2. The Morgan fingerprint density at radius 1 is 0.333 bits per heavy atom. The Labute approximate surface area is 244 Å². The van der Waals surface area contributed by atoms with Crippen molar-refractivity contribution in [1.82, 2.24) is 0 Å². The third kappa shape index (κ3) is 4.13. The lowest BCUT2D eigenvalue weighted by Crippen LogP contribution is -2.15. The molecule has 0 aliphatic carbocycles. The molecule has 4 heteroatoms. The van der Waals surface area contributed by atoms with Crippen molar-refractivity contribution in [3.8, 4) is 34.8 Å². The molecule has 0 unspecified atom stereocenters. The summed E-state index contributed by atoms with van der Waals surface area (Å²) in [5.41, 5.74) is 8.07. The van der Waals surface area contributed by atoms with E-state index < -0.39 is 0 Å². The summed E-state index contributed by atoms with van der Waals surface area (Å²) in [7, 11) is 0. The van der Waals surface area contributed by atoms with Crippen LogP contribution in [0.1, 0.15) is 11.1 Å². The minimum Gasteiger partial charge on any atom is -0.453 e. The van der Waals surface area contributed by atoms with Gasteiger partial charge in [0.2, 0.25) is 0 Å². The maximum Gasteiger partial charge on any atom is 0.151 e. The van der Waals surface area contributed by atoms with Crippen LogP contribution in [0.3, 0.4) is 0 Å². The van der Waals surface area contributed by atoms with Gasteiger partial charge in [0, 0.05) is 22.5 Å². The largest absolute Gasteiger partial charge is 0.453 e. The summed E-state index contributed by atoms with van der Waals surface area (Å²) >= 11 is 0. The van der Waals surface area contributed by atoms with Gasteiger partial charge in [0.1, 0.15) is 0 Å². The zero-order valence-corrected chi connectivity index (χ0v) is 22.6. The number of anilines is 6. The predicted molar refractivity (Wildman–Crippen MR) is 168 cm³/mol. The van der Waals surface area contributed by atoms with Crippen molar-refractivity contribution < 1.29 is 9.47 Å². The number of fused-ring (bicyclic) bond motifs is 4. The van der Waals surface area contributed by atoms with Gasteiger partial charge < -0.3 is 19.3 Å². The van der Waals surface area contributed by atoms with E-state index in [-0.39, 0.29) is 0 Å². The molecule has 8 rings (SSSR count). The first-order valence-corrected chi connectivity index (χ1v) is 13.9. The van der Waals surface area contributed by atoms with E-state index in [2.05, 4.69) is 94.4 Å². The summed E-state index contributed by atoms with van der Waals surface area (Å²) < 4.78 is 12.3. The third-order valence-corrected chi connectivity index (χ3v) is 7.47. The van der Waals surface area contributed by atoms with Crippen LogP contribution in [0, 0.1) is 11.8 Å². The van der Waals surface area contributed by atoms with Crippen molar-refractivity contribution in [3.05, 3.63) is 157 Å². The van der Waals surface area contributed by atoms with Crippen LogP contribution in [-0.4, -0.2) is 0 Å². The zero-order valence-electron chi connectivity index (χ0n) is 22.6. The lowest BCUT2D eigenvalue weighted by atomic mass is 10.1. The molecule has 42 heavy (non-hydrogen) atoms. The fraction of sp³-hybridized carbons (Fsp3) is 0. The third-order valence-electron chi connectivity index (χ3n) is 7.47. The van der Waals surface area contributed by atoms with E-state index in [4.69, 9.17) is 9.47 Å². The van der Waals surface area contributed by atoms with Crippen LogP contribution in [0.5, 0.6) is 23.0 Å². The molecule has 4 nitrogen and oxygen atoms in total. The Bertz CT molecular complexity index is 1770. The Morgan fingerprint density at radius 2 is 0.619 bits per heavy atom. The quantitative estimate of drug-likeness (QED) is 0.204. The predicted octanol–water partition coefficient (Wildman–Crippen LogP) is 10.2. The minimum absolute atomic E-state index is 0.840. The van der Waals surface area contributed by atoms with Gasteiger partial charge >= 0.3 is 0 Å². The van der Waals surface area contributed by atoms with Crippen molar-refractivity contribution in [2.45, 2.75) is 0 Å². The van der Waals surface area contributed by atoms with Crippen molar-refractivity contribution in [1.29, 1.82) is 0 Å². The summed E-state index contributed by atoms with van der Waals surface area (Å²) in [5.74, 6) is 10.0. The molecule has 0 spiro atoms. The molecule has 0 bridgehead atoms. The Morgan fingerprint density at radius 3 is 0.929 bits per heavy atom. The summed E-state index contributed by atoms with van der Waals surface area (Å²) in [5, 5.41) is 0. The number of hydrogen-bond acceptors (Lipinski definition) is 4. The fourth-order valence-corrected chi connectivity index (χ4v) is 5.50. The van der Waals surface area contributed by atoms with Gasteiger partial charge in [-0.1, -0.05) is 60.4 Å². The number of ether oxygens (including phenoxy) is 2. The van der Waals surface area contributed by atoms with Crippen molar-refractivity contribution >= 4 is 34.1 Å². The SMILES string of the molecule is C(#Cc1ccc(N2c3ccccc3Oc3ccccc32)cc1)c1ccc(N2c3ccccc3Oc3ccccc32)cc1. The van der Waals surface area contributed by atoms with Gasteiger partial charge in [-0.05, 0) is 97.1 Å². The molecule has 0 N–H and O–H groups in total. The maximum atomic E-state index is 6.15. The van der Waals surface area contributed by atoms with E-state index in [0.717, 1.165) is 68.2 Å². The average Bonchev–Trinajstić information content (AvgIpc) is 3.06. The number of nitrogens with zero attached hydrogens (tertiary/aromatic N) is 2. The molecule has 0 fully saturated rings. The highest BCUT2D eigenvalue weighted by molar-refractivity contribution is 5.87. The first kappa shape index (κ1) is 23.9. The van der Waals surface area contributed by atoms with Gasteiger partial charge in [-0.3, -0.25) is 0 Å². The van der Waals surface area contributed by atoms with Crippen molar-refractivity contribution in [2.75, 3.05) is 9.80 Å². The lowest BCUT2D eigenvalue weighted by Gasteiger charge is -2.32. The van der Waals surface area contributed by atoms with Crippen molar-refractivity contribution in [2.24, 2.45) is 0 Å². The Balaban J connectivity index is 1.07. The van der Waals surface area contributed by atoms with E-state index in [0.29, 0.717) is 0 Å². The van der Waals surface area contributed by atoms with Gasteiger partial charge in [-0.15, -0.1) is 0 Å². The molecule has 0 amide bonds. The first-order chi connectivity index (χ1) is 20.8. The van der Waals surface area contributed by atoms with Crippen LogP contribution >= 0.6 is 0 Å². The van der Waals surface area contributed by atoms with Crippen LogP contribution in [0.4, 0.5) is 34.1 Å². The summed E-state index contributed by atoms with van der Waals surface area (Å²) in [6.07, 6.45) is 0. The van der Waals surface area contributed by atoms with Crippen molar-refractivity contribution in [3.63, 3.8) is 0 Å². The fourth-order valence-electron chi connectivity index (χ4n) is 5.50. The summed E-state index contributed by atoms with van der Waals surface area (Å²) in [6, 6.07) is 49.1. The van der Waals surface area contributed by atoms with Gasteiger partial charge in [-0.2, -0.15) is 0 Å². The molecule has 0 aromatic heterocycles. The van der Waals surface area contributed by atoms with Gasteiger partial charge in [0.05, 0.1) is 22.7 Å². The second-order valence-corrected chi connectivity index (χ2v) is 10.1. The highest BCUT2D eigenvalue weighted by Gasteiger charge is 2.26. The van der Waals surface area contributed by atoms with Crippen LogP contribution in [0.15, 0.2) is 146 Å². The molecular weight excluding hydrogens is 516 g/mol. The van der Waals surface area contributed by atoms with Gasteiger partial charge in [0.25, 0.3) is 0 Å². The molecule has 2 heterocycles. The van der Waals surface area contributed by atoms with Crippen LogP contribution < -0.4 is 19.3 Å². The van der Waals surface area contributed by atoms with E-state index >= 15 is 0 Å². The second kappa shape index (κ2) is 9.92. The number of hydrogen-bond donors (Lipinski definition) is 0. The monoisotopic (exact) mass is 540 g/mol. The minimum atomic E-state index is 0.840. The topological polar surface area (TPSA) is 24.9 Å². The molecule has 0 saturated carbocycles. The normalized spacial score (nSPS) is 12.4. The highest BCUT2D eigenvalue weighted by Crippen LogP contribution is 2.51. The molecule has 0 radical (unpaired) electrons. The standard InChI is InChI=1S/C38H24N2O2/c1-5-13-35-31(9-1)39(32-10-2-6-14-36(32)41-35)29-23-19-27(20-24-29)17-18-28-21-25-30(26-22-28)40-33-11-3-7-15-37(33)42-38-16-8-4-12-34(38)40/h1-16,19-26H. The second-order valence-electron chi connectivity index (χ2n) is 10.1. The average molecular weight is 541 g/mol. The summed E-state index contributed by atoms with van der Waals surface area (Å²) in [6.45, 7) is 0. The molecule has 6 aromatic carbocycles. The van der Waals surface area contributed by atoms with Gasteiger partial charge in [-0.25, -0.2) is 0 Å². The smallest absolute Gasteiger partial charge is 0.151 e. The van der Waals surface area contributed by atoms with E-state index in [1.165, 1.54) is 0 Å². The molecule has 0 saturated heterocycles. The molecule has 6 aromatic rings. The van der Waals surface area contributed by atoms with Crippen LogP contribution in [-0.2, 0) is 0 Å². The van der Waals surface area contributed by atoms with Crippen LogP contribution in [0.25, 0.3) is 0 Å². The number of benzene rings is 6. The molecule has 2 aliphatic heterocycles.